The fourth-order valence-corrected chi connectivity index (χ4v) is 5.04. The van der Waals surface area contributed by atoms with Crippen molar-refractivity contribution in [3.8, 4) is 28.7 Å². The molecule has 7 rings (SSSR count). The second-order valence-corrected chi connectivity index (χ2v) is 10.0. The number of anilines is 1. The third-order valence-electron chi connectivity index (χ3n) is 7.19. The van der Waals surface area contributed by atoms with Gasteiger partial charge in [-0.25, -0.2) is 9.97 Å². The van der Waals surface area contributed by atoms with Crippen LogP contribution in [-0.2, 0) is 11.3 Å². The second kappa shape index (κ2) is 11.9. The van der Waals surface area contributed by atoms with Gasteiger partial charge in [0.25, 0.3) is 11.8 Å². The number of carbonyl (C=O) groups excluding carboxylic acids is 2. The summed E-state index contributed by atoms with van der Waals surface area (Å²) in [6, 6.07) is 18.2. The van der Waals surface area contributed by atoms with Crippen LogP contribution in [0.2, 0.25) is 0 Å². The van der Waals surface area contributed by atoms with Crippen LogP contribution in [0.5, 0.6) is 11.5 Å². The van der Waals surface area contributed by atoms with E-state index in [9.17, 15) is 14.9 Å². The van der Waals surface area contributed by atoms with Gasteiger partial charge in [0, 0.05) is 56.4 Å². The summed E-state index contributed by atoms with van der Waals surface area (Å²) in [7, 11) is 0. The molecule has 42 heavy (non-hydrogen) atoms. The van der Waals surface area contributed by atoms with E-state index in [4.69, 9.17) is 9.47 Å². The Balaban J connectivity index is 1.33. The van der Waals surface area contributed by atoms with E-state index >= 15 is 0 Å². The molecule has 3 aliphatic rings. The van der Waals surface area contributed by atoms with Gasteiger partial charge in [0.15, 0.2) is 18.1 Å². The van der Waals surface area contributed by atoms with Crippen LogP contribution in [0.4, 0.5) is 5.82 Å². The van der Waals surface area contributed by atoms with Crippen molar-refractivity contribution in [2.45, 2.75) is 25.1 Å². The van der Waals surface area contributed by atoms with Crippen molar-refractivity contribution in [3.63, 3.8) is 0 Å². The number of amides is 2. The number of fused-ring (bicyclic) bond motifs is 7. The number of nitrogens with zero attached hydrogens (tertiary/aromatic N) is 5. The van der Waals surface area contributed by atoms with Gasteiger partial charge in [-0.1, -0.05) is 24.3 Å². The number of nitriles is 1. The summed E-state index contributed by atoms with van der Waals surface area (Å²) in [5, 5.41) is 15.6. The van der Waals surface area contributed by atoms with Gasteiger partial charge >= 0.3 is 0 Å². The monoisotopic (exact) mass is 561 g/mol. The largest absolute Gasteiger partial charge is 0.488 e. The Morgan fingerprint density at radius 3 is 2.64 bits per heavy atom. The Morgan fingerprint density at radius 2 is 1.79 bits per heavy atom. The first-order valence-electron chi connectivity index (χ1n) is 13.5. The molecule has 1 fully saturated rings. The minimum absolute atomic E-state index is 0.129. The quantitative estimate of drug-likeness (QED) is 0.359. The molecule has 2 aromatic carbocycles. The van der Waals surface area contributed by atoms with Crippen molar-refractivity contribution in [2.24, 2.45) is 0 Å². The molecule has 0 radical (unpaired) electrons. The van der Waals surface area contributed by atoms with Crippen LogP contribution in [-0.4, -0.2) is 58.6 Å². The van der Waals surface area contributed by atoms with Gasteiger partial charge in [-0.2, -0.15) is 5.26 Å². The predicted molar refractivity (Wildman–Crippen MR) is 153 cm³/mol. The molecule has 2 aromatic heterocycles. The van der Waals surface area contributed by atoms with Crippen molar-refractivity contribution in [2.75, 3.05) is 24.6 Å². The van der Waals surface area contributed by atoms with Crippen LogP contribution in [0.25, 0.3) is 11.1 Å². The first-order chi connectivity index (χ1) is 20.6. The molecular weight excluding hydrogens is 534 g/mol. The molecule has 0 saturated carbocycles. The summed E-state index contributed by atoms with van der Waals surface area (Å²) in [6.45, 7) is 1.14. The molecule has 2 amide bonds. The van der Waals surface area contributed by atoms with Gasteiger partial charge in [-0.15, -0.1) is 0 Å². The van der Waals surface area contributed by atoms with Crippen molar-refractivity contribution in [1.82, 2.24) is 25.6 Å². The number of carbonyl (C=O) groups is 2. The number of hydrogen-bond donors (Lipinski definition) is 2. The zero-order valence-corrected chi connectivity index (χ0v) is 22.6. The van der Waals surface area contributed by atoms with Crippen LogP contribution in [0, 0.1) is 11.3 Å². The van der Waals surface area contributed by atoms with E-state index in [2.05, 4.69) is 31.7 Å². The lowest BCUT2D eigenvalue weighted by Gasteiger charge is -2.39. The Bertz CT molecular complexity index is 1650. The van der Waals surface area contributed by atoms with Crippen LogP contribution in [0.1, 0.15) is 28.0 Å². The summed E-state index contributed by atoms with van der Waals surface area (Å²) in [4.78, 5) is 40.8. The molecule has 3 aliphatic heterocycles. The van der Waals surface area contributed by atoms with E-state index in [-0.39, 0.29) is 30.2 Å². The maximum Gasteiger partial charge on any atom is 0.258 e. The number of benzene rings is 2. The van der Waals surface area contributed by atoms with Crippen LogP contribution in [0.15, 0.2) is 79.4 Å². The van der Waals surface area contributed by atoms with Gasteiger partial charge < -0.3 is 25.0 Å². The number of piperidine rings is 1. The molecule has 0 spiro atoms. The number of ether oxygens (including phenoxy) is 2. The molecule has 5 heterocycles. The van der Waals surface area contributed by atoms with E-state index in [0.717, 1.165) is 16.7 Å². The zero-order valence-electron chi connectivity index (χ0n) is 22.6. The standard InChI is InChI=1S/C31H27N7O4/c32-14-26-30(35-10-9-34-26)38-11-8-28-27(18-38)37-31(40)23-12-22(16-33-17-23)21-2-1-3-25(13-21)41-19-29(39)36-15-20-4-6-24(42-28)7-5-20/h1-7,9-10,12-13,16-17,27-28H,8,11,15,18-19H2,(H,36,39)(H,37,40)/t27-,28+/m1/s1. The Kier molecular flexibility index (Phi) is 7.59. The van der Waals surface area contributed by atoms with Crippen LogP contribution < -0.4 is 25.0 Å². The number of rotatable bonds is 1. The highest BCUT2D eigenvalue weighted by Crippen LogP contribution is 2.26. The van der Waals surface area contributed by atoms with Gasteiger partial charge in [0.1, 0.15) is 23.7 Å². The third kappa shape index (κ3) is 5.97. The second-order valence-electron chi connectivity index (χ2n) is 10.0. The lowest BCUT2D eigenvalue weighted by molar-refractivity contribution is -0.123. The molecule has 0 aliphatic carbocycles. The molecular formula is C31H27N7O4. The van der Waals surface area contributed by atoms with Crippen LogP contribution in [0.3, 0.4) is 0 Å². The van der Waals surface area contributed by atoms with Crippen molar-refractivity contribution in [3.05, 3.63) is 96.2 Å². The number of pyridine rings is 1. The van der Waals surface area contributed by atoms with Gasteiger partial charge in [0.05, 0.1) is 11.6 Å². The summed E-state index contributed by atoms with van der Waals surface area (Å²) < 4.78 is 12.1. The molecule has 2 N–H and O–H groups in total. The average Bonchev–Trinajstić information content (AvgIpc) is 3.04. The smallest absolute Gasteiger partial charge is 0.258 e. The van der Waals surface area contributed by atoms with Crippen LogP contribution >= 0.6 is 0 Å². The molecule has 11 heteroatoms. The zero-order chi connectivity index (χ0) is 28.9. The van der Waals surface area contributed by atoms with E-state index in [1.807, 2.05) is 41.3 Å². The SMILES string of the molecule is N#Cc1nccnc1N1CC[C@@H]2Oc3ccc(cc3)CNC(=O)COc3cccc(c3)-c3cncc(c3)C(=O)N[C@@H]2C1. The number of aromatic nitrogens is 3. The molecule has 1 saturated heterocycles. The normalized spacial score (nSPS) is 18.8. The average molecular weight is 562 g/mol. The fraction of sp³-hybridized carbons (Fsp3) is 0.226. The van der Waals surface area contributed by atoms with Gasteiger partial charge in [-0.3, -0.25) is 14.6 Å². The van der Waals surface area contributed by atoms with E-state index in [1.54, 1.807) is 30.6 Å². The number of nitrogens with one attached hydrogen (secondary N) is 2. The topological polar surface area (TPSA) is 142 Å². The molecule has 4 aromatic rings. The summed E-state index contributed by atoms with van der Waals surface area (Å²) in [5.41, 5.74) is 3.03. The summed E-state index contributed by atoms with van der Waals surface area (Å²) in [6.07, 6.45) is 6.43. The lowest BCUT2D eigenvalue weighted by Crippen LogP contribution is -2.57. The van der Waals surface area contributed by atoms with Crippen molar-refractivity contribution < 1.29 is 19.1 Å². The maximum atomic E-state index is 13.6. The van der Waals surface area contributed by atoms with Gasteiger partial charge in [-0.05, 0) is 41.5 Å². The highest BCUT2D eigenvalue weighted by molar-refractivity contribution is 5.95. The highest BCUT2D eigenvalue weighted by Gasteiger charge is 2.34. The first-order valence-corrected chi connectivity index (χ1v) is 13.5. The predicted octanol–water partition coefficient (Wildman–Crippen LogP) is 2.88. The minimum atomic E-state index is -0.440. The first kappa shape index (κ1) is 26.7. The highest BCUT2D eigenvalue weighted by atomic mass is 16.5. The Hall–Kier alpha value is -5.50. The van der Waals surface area contributed by atoms with Gasteiger partial charge in [0.2, 0.25) is 0 Å². The molecule has 6 bridgehead atoms. The lowest BCUT2D eigenvalue weighted by atomic mass is 10.0. The van der Waals surface area contributed by atoms with Crippen molar-refractivity contribution >= 4 is 17.6 Å². The molecule has 0 unspecified atom stereocenters. The molecule has 2 atom stereocenters. The Labute approximate surface area is 242 Å². The molecule has 210 valence electrons. The number of hydrogen-bond acceptors (Lipinski definition) is 9. The van der Waals surface area contributed by atoms with E-state index < -0.39 is 6.04 Å². The van der Waals surface area contributed by atoms with E-state index in [1.165, 1.54) is 12.4 Å². The summed E-state index contributed by atoms with van der Waals surface area (Å²) >= 11 is 0. The van der Waals surface area contributed by atoms with Crippen molar-refractivity contribution in [1.29, 1.82) is 5.26 Å². The molecule has 11 nitrogen and oxygen atoms in total. The fourth-order valence-electron chi connectivity index (χ4n) is 5.04. The summed E-state index contributed by atoms with van der Waals surface area (Å²) in [5.74, 6) is 1.08. The third-order valence-corrected chi connectivity index (χ3v) is 7.19. The minimum Gasteiger partial charge on any atom is -0.488 e. The van der Waals surface area contributed by atoms with E-state index in [0.29, 0.717) is 48.9 Å². The Morgan fingerprint density at radius 1 is 0.952 bits per heavy atom. The maximum absolute atomic E-state index is 13.6.